The first-order valence-electron chi connectivity index (χ1n) is 6.80. The highest BCUT2D eigenvalue weighted by Gasteiger charge is 2.21. The minimum atomic E-state index is 1.06. The molecule has 0 N–H and O–H groups in total. The number of fused-ring (bicyclic) bond motifs is 1. The zero-order chi connectivity index (χ0) is 14.8. The molecule has 0 aromatic heterocycles. The molecule has 0 spiro atoms. The highest BCUT2D eigenvalue weighted by molar-refractivity contribution is 8.04. The van der Waals surface area contributed by atoms with E-state index in [0.29, 0.717) is 0 Å². The molecule has 0 atom stereocenters. The predicted molar refractivity (Wildman–Crippen MR) is 95.0 cm³/mol. The van der Waals surface area contributed by atoms with E-state index in [-0.39, 0.29) is 0 Å². The SMILES string of the molecule is C=C(/C=C1\Sc2ccccc2N1C)Sc1ccccc1C. The first-order valence-corrected chi connectivity index (χ1v) is 8.43. The second-order valence-electron chi connectivity index (χ2n) is 4.95. The molecule has 0 saturated carbocycles. The maximum Gasteiger partial charge on any atom is 0.0810 e. The summed E-state index contributed by atoms with van der Waals surface area (Å²) in [7, 11) is 2.11. The summed E-state index contributed by atoms with van der Waals surface area (Å²) in [6.07, 6.45) is 2.17. The summed E-state index contributed by atoms with van der Waals surface area (Å²) < 4.78 is 0. The molecular weight excluding hydrogens is 294 g/mol. The molecular formula is C18H17NS2. The number of thioether (sulfide) groups is 2. The molecule has 2 aromatic rings. The van der Waals surface area contributed by atoms with Gasteiger partial charge >= 0.3 is 0 Å². The number of anilines is 1. The maximum absolute atomic E-state index is 4.20. The van der Waals surface area contributed by atoms with E-state index in [0.717, 1.165) is 4.91 Å². The zero-order valence-corrected chi connectivity index (χ0v) is 13.8. The Labute approximate surface area is 134 Å². The van der Waals surface area contributed by atoms with Crippen molar-refractivity contribution in [1.82, 2.24) is 0 Å². The Morgan fingerprint density at radius 3 is 2.62 bits per heavy atom. The molecule has 1 aliphatic rings. The lowest BCUT2D eigenvalue weighted by Gasteiger charge is -2.14. The van der Waals surface area contributed by atoms with Crippen molar-refractivity contribution in [2.24, 2.45) is 0 Å². The van der Waals surface area contributed by atoms with Crippen molar-refractivity contribution in [3.8, 4) is 0 Å². The topological polar surface area (TPSA) is 3.24 Å². The third-order valence-electron chi connectivity index (χ3n) is 3.39. The summed E-state index contributed by atoms with van der Waals surface area (Å²) in [5, 5.41) is 1.22. The summed E-state index contributed by atoms with van der Waals surface area (Å²) in [6.45, 7) is 6.33. The molecule has 0 saturated heterocycles. The van der Waals surface area contributed by atoms with Crippen LogP contribution in [0.5, 0.6) is 0 Å². The Morgan fingerprint density at radius 2 is 1.86 bits per heavy atom. The molecule has 0 radical (unpaired) electrons. The molecule has 0 fully saturated rings. The van der Waals surface area contributed by atoms with Gasteiger partial charge in [0, 0.05) is 21.7 Å². The van der Waals surface area contributed by atoms with Gasteiger partial charge in [0.15, 0.2) is 0 Å². The Bertz CT molecular complexity index is 719. The maximum atomic E-state index is 4.20. The molecule has 0 amide bonds. The predicted octanol–water partition coefficient (Wildman–Crippen LogP) is 5.68. The Hall–Kier alpha value is -1.58. The van der Waals surface area contributed by atoms with Crippen LogP contribution in [0.3, 0.4) is 0 Å². The van der Waals surface area contributed by atoms with Crippen LogP contribution in [0.15, 0.2) is 80.9 Å². The van der Waals surface area contributed by atoms with E-state index >= 15 is 0 Å². The fourth-order valence-electron chi connectivity index (χ4n) is 2.23. The first kappa shape index (κ1) is 14.4. The quantitative estimate of drug-likeness (QED) is 0.671. The van der Waals surface area contributed by atoms with Gasteiger partial charge in [-0.15, -0.1) is 0 Å². The number of benzene rings is 2. The molecule has 3 rings (SSSR count). The average molecular weight is 311 g/mol. The van der Waals surface area contributed by atoms with Gasteiger partial charge in [0.05, 0.1) is 10.7 Å². The van der Waals surface area contributed by atoms with Gasteiger partial charge < -0.3 is 4.90 Å². The summed E-state index contributed by atoms with van der Waals surface area (Å²) in [6, 6.07) is 16.9. The van der Waals surface area contributed by atoms with Crippen molar-refractivity contribution in [3.05, 3.63) is 76.7 Å². The van der Waals surface area contributed by atoms with Crippen molar-refractivity contribution in [2.45, 2.75) is 16.7 Å². The van der Waals surface area contributed by atoms with Crippen molar-refractivity contribution in [1.29, 1.82) is 0 Å². The number of hydrogen-bond acceptors (Lipinski definition) is 3. The lowest BCUT2D eigenvalue weighted by atomic mass is 10.2. The van der Waals surface area contributed by atoms with Gasteiger partial charge in [-0.1, -0.05) is 60.4 Å². The van der Waals surface area contributed by atoms with Gasteiger partial charge in [-0.3, -0.25) is 0 Å². The number of allylic oxidation sites excluding steroid dienone is 1. The largest absolute Gasteiger partial charge is 0.338 e. The smallest absolute Gasteiger partial charge is 0.0810 e. The molecule has 106 valence electrons. The molecule has 1 nitrogen and oxygen atoms in total. The van der Waals surface area contributed by atoms with Crippen LogP contribution in [0.4, 0.5) is 5.69 Å². The Morgan fingerprint density at radius 1 is 1.14 bits per heavy atom. The molecule has 0 bridgehead atoms. The van der Waals surface area contributed by atoms with Crippen LogP contribution in [-0.4, -0.2) is 7.05 Å². The van der Waals surface area contributed by atoms with Crippen LogP contribution in [-0.2, 0) is 0 Å². The van der Waals surface area contributed by atoms with Crippen molar-refractivity contribution in [3.63, 3.8) is 0 Å². The van der Waals surface area contributed by atoms with E-state index < -0.39 is 0 Å². The van der Waals surface area contributed by atoms with E-state index in [2.05, 4.69) is 80.1 Å². The molecule has 21 heavy (non-hydrogen) atoms. The van der Waals surface area contributed by atoms with E-state index in [4.69, 9.17) is 0 Å². The second-order valence-corrected chi connectivity index (χ2v) is 7.18. The molecule has 0 unspecified atom stereocenters. The highest BCUT2D eigenvalue weighted by Crippen LogP contribution is 2.45. The summed E-state index contributed by atoms with van der Waals surface area (Å²) >= 11 is 3.53. The third-order valence-corrected chi connectivity index (χ3v) is 5.61. The van der Waals surface area contributed by atoms with Crippen molar-refractivity contribution in [2.75, 3.05) is 11.9 Å². The van der Waals surface area contributed by atoms with Crippen molar-refractivity contribution < 1.29 is 0 Å². The summed E-state index contributed by atoms with van der Waals surface area (Å²) in [5.74, 6) is 0. The molecule has 1 heterocycles. The van der Waals surface area contributed by atoms with Gasteiger partial charge in [0.1, 0.15) is 0 Å². The third kappa shape index (κ3) is 3.04. The molecule has 0 aliphatic carbocycles. The number of nitrogens with zero attached hydrogens (tertiary/aromatic N) is 1. The lowest BCUT2D eigenvalue weighted by molar-refractivity contribution is 1.17. The van der Waals surface area contributed by atoms with Crippen molar-refractivity contribution >= 4 is 29.2 Å². The van der Waals surface area contributed by atoms with E-state index in [1.54, 1.807) is 23.5 Å². The Kier molecular flexibility index (Phi) is 4.13. The Balaban J connectivity index is 1.78. The molecule has 3 heteroatoms. The average Bonchev–Trinajstić information content (AvgIpc) is 2.78. The van der Waals surface area contributed by atoms with Crippen LogP contribution < -0.4 is 4.90 Å². The second kappa shape index (κ2) is 6.04. The van der Waals surface area contributed by atoms with Gasteiger partial charge in [0.25, 0.3) is 0 Å². The minimum Gasteiger partial charge on any atom is -0.338 e. The summed E-state index contributed by atoms with van der Waals surface area (Å²) in [4.78, 5) is 5.86. The van der Waals surface area contributed by atoms with Gasteiger partial charge in [-0.2, -0.15) is 0 Å². The highest BCUT2D eigenvalue weighted by atomic mass is 32.2. The molecule has 1 aliphatic heterocycles. The number of hydrogen-bond donors (Lipinski definition) is 0. The number of para-hydroxylation sites is 1. The minimum absolute atomic E-state index is 1.06. The zero-order valence-electron chi connectivity index (χ0n) is 12.2. The van der Waals surface area contributed by atoms with Gasteiger partial charge in [-0.05, 0) is 36.8 Å². The van der Waals surface area contributed by atoms with Crippen LogP contribution in [0, 0.1) is 6.92 Å². The normalized spacial score (nSPS) is 15.3. The van der Waals surface area contributed by atoms with E-state index in [1.807, 2.05) is 0 Å². The van der Waals surface area contributed by atoms with Crippen LogP contribution in [0.1, 0.15) is 5.56 Å². The van der Waals surface area contributed by atoms with E-state index in [1.165, 1.54) is 26.1 Å². The fourth-order valence-corrected chi connectivity index (χ4v) is 4.25. The number of aryl methyl sites for hydroxylation is 1. The fraction of sp³-hybridized carbons (Fsp3) is 0.111. The van der Waals surface area contributed by atoms with E-state index in [9.17, 15) is 0 Å². The van der Waals surface area contributed by atoms with Crippen LogP contribution in [0.25, 0.3) is 0 Å². The number of rotatable bonds is 3. The van der Waals surface area contributed by atoms with Gasteiger partial charge in [0.2, 0.25) is 0 Å². The lowest BCUT2D eigenvalue weighted by Crippen LogP contribution is -2.09. The molecule has 2 aromatic carbocycles. The van der Waals surface area contributed by atoms with Gasteiger partial charge in [-0.25, -0.2) is 0 Å². The van der Waals surface area contributed by atoms with Crippen LogP contribution >= 0.6 is 23.5 Å². The van der Waals surface area contributed by atoms with Crippen LogP contribution in [0.2, 0.25) is 0 Å². The monoisotopic (exact) mass is 311 g/mol. The standard InChI is InChI=1S/C18H17NS2/c1-13-8-4-6-10-16(13)20-14(2)12-18-19(3)15-9-5-7-11-17(15)21-18/h4-12H,2H2,1,3H3/b18-12-. The summed E-state index contributed by atoms with van der Waals surface area (Å²) in [5.41, 5.74) is 2.56. The first-order chi connectivity index (χ1) is 10.1.